The first-order valence-electron chi connectivity index (χ1n) is 13.9. The van der Waals surface area contributed by atoms with Crippen molar-refractivity contribution < 1.29 is 56.1 Å². The Morgan fingerprint density at radius 1 is 1.11 bits per heavy atom. The Morgan fingerprint density at radius 3 is 2.30 bits per heavy atom. The van der Waals surface area contributed by atoms with E-state index in [9.17, 15) is 32.1 Å². The number of ether oxygens (including phenoxy) is 3. The summed E-state index contributed by atoms with van der Waals surface area (Å²) in [5.41, 5.74) is -0.0643. The first-order chi connectivity index (χ1) is 20.3. The van der Waals surface area contributed by atoms with Crippen molar-refractivity contribution in [3.8, 4) is 0 Å². The fourth-order valence-corrected chi connectivity index (χ4v) is 4.89. The van der Waals surface area contributed by atoms with Crippen LogP contribution in [0.3, 0.4) is 0 Å². The van der Waals surface area contributed by atoms with Crippen LogP contribution in [0.15, 0.2) is 30.7 Å². The molecule has 14 nitrogen and oxygen atoms in total. The quantitative estimate of drug-likeness (QED) is 0.0140. The average Bonchev–Trinajstić information content (AvgIpc) is 2.91. The molecule has 0 aliphatic heterocycles. The molecule has 3 unspecified atom stereocenters. The number of allylic oxidation sites excluding steroid dienone is 1. The molecule has 3 N–H and O–H groups in total. The van der Waals surface area contributed by atoms with Gasteiger partial charge in [0, 0.05) is 19.3 Å². The lowest BCUT2D eigenvalue weighted by Crippen LogP contribution is -2.51. The number of carbonyl (C=O) groups excluding carboxylic acids is 4. The van der Waals surface area contributed by atoms with Crippen molar-refractivity contribution in [2.45, 2.75) is 79.2 Å². The molecule has 0 saturated carbocycles. The van der Waals surface area contributed by atoms with Crippen molar-refractivity contribution in [3.63, 3.8) is 0 Å². The Hall–Kier alpha value is -3.52. The van der Waals surface area contributed by atoms with Gasteiger partial charge < -0.3 is 24.4 Å². The molecule has 250 valence electrons. The standard InChI is InChI=1S/C29H46N2O12S/c1-9-14-40-27(35)29(8,11-3)18-22(25(33)31-28(6,7)19-44(36,37)38)17-20(4)26(34)39-15-16-41-43-23(30)12-13-24(32)42-21(5)10-2/h9,20,22,30H,1-2,11-19H2,3-8H3,(H,31,33)(H,36,37,38). The first-order valence-corrected chi connectivity index (χ1v) is 15.6. The largest absolute Gasteiger partial charge is 0.463 e. The highest BCUT2D eigenvalue weighted by Gasteiger charge is 2.40. The first kappa shape index (κ1) is 40.5. The summed E-state index contributed by atoms with van der Waals surface area (Å²) in [6.45, 7) is 15.6. The Labute approximate surface area is 259 Å². The molecule has 1 amide bonds. The third kappa shape index (κ3) is 16.9. The Kier molecular flexibility index (Phi) is 17.5. The summed E-state index contributed by atoms with van der Waals surface area (Å²) in [5.74, 6) is -5.14. The monoisotopic (exact) mass is 646 g/mol. The maximum atomic E-state index is 13.4. The van der Waals surface area contributed by atoms with Gasteiger partial charge in [0.15, 0.2) is 0 Å². The lowest BCUT2D eigenvalue weighted by molar-refractivity contribution is -0.232. The lowest BCUT2D eigenvalue weighted by atomic mass is 9.75. The Balaban J connectivity index is 5.25. The smallest absolute Gasteiger partial charge is 0.312 e. The molecule has 3 atom stereocenters. The molecule has 0 aromatic heterocycles. The minimum Gasteiger partial charge on any atom is -0.463 e. The van der Waals surface area contributed by atoms with E-state index in [0.717, 1.165) is 0 Å². The topological polar surface area (TPSA) is 205 Å². The molecule has 0 saturated heterocycles. The van der Waals surface area contributed by atoms with Crippen LogP contribution < -0.4 is 5.32 Å². The van der Waals surface area contributed by atoms with Gasteiger partial charge in [-0.3, -0.25) is 29.1 Å². The van der Waals surface area contributed by atoms with Crippen LogP contribution in [0.25, 0.3) is 0 Å². The summed E-state index contributed by atoms with van der Waals surface area (Å²) < 4.78 is 47.4. The highest BCUT2D eigenvalue weighted by molar-refractivity contribution is 7.85. The van der Waals surface area contributed by atoms with Gasteiger partial charge in [-0.25, -0.2) is 0 Å². The Morgan fingerprint density at radius 2 is 1.75 bits per heavy atom. The van der Waals surface area contributed by atoms with E-state index in [2.05, 4.69) is 24.2 Å². The zero-order valence-corrected chi connectivity index (χ0v) is 27.2. The SMILES string of the molecule is C=C=C(C)OC(=O)CCC(=N)OOCCOC(=O)C(C)CC(CC(C)(CC)C(=O)OCC=C)C(=O)NC(C)(C)CS(=O)(=O)O. The predicted molar refractivity (Wildman–Crippen MR) is 159 cm³/mol. The zero-order chi connectivity index (χ0) is 34.1. The normalized spacial score (nSPS) is 14.1. The van der Waals surface area contributed by atoms with E-state index in [1.165, 1.54) is 33.8 Å². The maximum Gasteiger partial charge on any atom is 0.312 e. The number of hydrogen-bond donors (Lipinski definition) is 3. The minimum atomic E-state index is -4.42. The molecular formula is C29H46N2O12S. The summed E-state index contributed by atoms with van der Waals surface area (Å²) in [4.78, 5) is 60.1. The summed E-state index contributed by atoms with van der Waals surface area (Å²) in [6.07, 6.45) is 1.39. The average molecular weight is 647 g/mol. The predicted octanol–water partition coefficient (Wildman–Crippen LogP) is 3.43. The minimum absolute atomic E-state index is 0.0268. The molecule has 0 aromatic rings. The van der Waals surface area contributed by atoms with Gasteiger partial charge in [0.2, 0.25) is 11.8 Å². The third-order valence-electron chi connectivity index (χ3n) is 6.36. The van der Waals surface area contributed by atoms with Gasteiger partial charge in [0.05, 0.1) is 29.0 Å². The van der Waals surface area contributed by atoms with E-state index in [1.807, 2.05) is 0 Å². The van der Waals surface area contributed by atoms with Crippen LogP contribution in [-0.4, -0.2) is 73.8 Å². The van der Waals surface area contributed by atoms with E-state index >= 15 is 0 Å². The number of carbonyl (C=O) groups is 4. The summed E-state index contributed by atoms with van der Waals surface area (Å²) >= 11 is 0. The van der Waals surface area contributed by atoms with Gasteiger partial charge in [-0.15, -0.1) is 0 Å². The van der Waals surface area contributed by atoms with Gasteiger partial charge in [-0.1, -0.05) is 38.8 Å². The lowest BCUT2D eigenvalue weighted by Gasteiger charge is -2.33. The number of hydrogen-bond acceptors (Lipinski definition) is 12. The van der Waals surface area contributed by atoms with Crippen molar-refractivity contribution in [1.82, 2.24) is 5.32 Å². The fourth-order valence-electron chi connectivity index (χ4n) is 3.90. The van der Waals surface area contributed by atoms with Gasteiger partial charge in [0.25, 0.3) is 10.1 Å². The van der Waals surface area contributed by atoms with Gasteiger partial charge >= 0.3 is 17.9 Å². The second kappa shape index (κ2) is 19.0. The number of rotatable bonds is 21. The van der Waals surface area contributed by atoms with Crippen LogP contribution in [0, 0.1) is 22.7 Å². The van der Waals surface area contributed by atoms with E-state index < -0.39 is 62.5 Å². The van der Waals surface area contributed by atoms with Gasteiger partial charge in [-0.2, -0.15) is 13.3 Å². The van der Waals surface area contributed by atoms with Crippen molar-refractivity contribution in [2.24, 2.45) is 17.3 Å². The zero-order valence-electron chi connectivity index (χ0n) is 26.4. The van der Waals surface area contributed by atoms with Crippen molar-refractivity contribution in [1.29, 1.82) is 5.41 Å². The fraction of sp³-hybridized carbons (Fsp3) is 0.655. The summed E-state index contributed by atoms with van der Waals surface area (Å²) in [7, 11) is -4.42. The molecule has 44 heavy (non-hydrogen) atoms. The van der Waals surface area contributed by atoms with Crippen LogP contribution in [0.1, 0.15) is 73.6 Å². The van der Waals surface area contributed by atoms with Gasteiger partial charge in [0.1, 0.15) is 25.6 Å². The molecule has 15 heteroatoms. The molecule has 0 bridgehead atoms. The Bertz CT molecular complexity index is 1190. The molecular weight excluding hydrogens is 600 g/mol. The van der Waals surface area contributed by atoms with Crippen molar-refractivity contribution in [3.05, 3.63) is 30.7 Å². The molecule has 0 spiro atoms. The van der Waals surface area contributed by atoms with Crippen LogP contribution in [0.4, 0.5) is 0 Å². The third-order valence-corrected chi connectivity index (χ3v) is 7.45. The van der Waals surface area contributed by atoms with Gasteiger partial charge in [-0.05, 0) is 40.0 Å². The van der Waals surface area contributed by atoms with E-state index in [1.54, 1.807) is 13.8 Å². The van der Waals surface area contributed by atoms with E-state index in [0.29, 0.717) is 6.42 Å². The molecule has 0 aliphatic carbocycles. The molecule has 0 aromatic carbocycles. The number of amides is 1. The highest BCUT2D eigenvalue weighted by atomic mass is 32.2. The van der Waals surface area contributed by atoms with Crippen LogP contribution in [0.2, 0.25) is 0 Å². The molecule has 0 heterocycles. The van der Waals surface area contributed by atoms with Crippen LogP contribution >= 0.6 is 0 Å². The molecule has 0 fully saturated rings. The van der Waals surface area contributed by atoms with Crippen LogP contribution in [0.5, 0.6) is 0 Å². The van der Waals surface area contributed by atoms with E-state index in [4.69, 9.17) is 29.4 Å². The van der Waals surface area contributed by atoms with Crippen molar-refractivity contribution >= 4 is 39.8 Å². The molecule has 0 aliphatic rings. The van der Waals surface area contributed by atoms with E-state index in [-0.39, 0.29) is 57.2 Å². The second-order valence-corrected chi connectivity index (χ2v) is 12.6. The number of esters is 3. The summed E-state index contributed by atoms with van der Waals surface area (Å²) in [5, 5.41) is 10.3. The maximum absolute atomic E-state index is 13.4. The summed E-state index contributed by atoms with van der Waals surface area (Å²) in [6, 6.07) is 0. The highest BCUT2D eigenvalue weighted by Crippen LogP contribution is 2.35. The molecule has 0 radical (unpaired) electrons. The second-order valence-electron chi connectivity index (χ2n) is 11.1. The van der Waals surface area contributed by atoms with Crippen LogP contribution in [-0.2, 0) is 53.3 Å². The molecule has 0 rings (SSSR count). The number of nitrogens with one attached hydrogen (secondary N) is 2. The van der Waals surface area contributed by atoms with Crippen molar-refractivity contribution in [2.75, 3.05) is 25.6 Å².